The molecule has 2 aliphatic rings. The fourth-order valence-electron chi connectivity index (χ4n) is 2.64. The van der Waals surface area contributed by atoms with Crippen LogP contribution in [-0.2, 0) is 12.8 Å². The zero-order valence-corrected chi connectivity index (χ0v) is 9.42. The summed E-state index contributed by atoms with van der Waals surface area (Å²) in [6, 6.07) is 7.58. The molecule has 80 valence electrons. The van der Waals surface area contributed by atoms with Gasteiger partial charge in [0.1, 0.15) is 0 Å². The molecule has 0 aliphatic heterocycles. The van der Waals surface area contributed by atoms with Crippen molar-refractivity contribution in [3.05, 3.63) is 29.3 Å². The van der Waals surface area contributed by atoms with E-state index in [1.54, 1.807) is 11.1 Å². The molecule has 1 aromatic carbocycles. The molecule has 0 heterocycles. The third-order valence-corrected chi connectivity index (χ3v) is 3.82. The molecule has 0 aromatic heterocycles. The topological polar surface area (TPSA) is 12.0 Å². The third-order valence-electron chi connectivity index (χ3n) is 3.82. The van der Waals surface area contributed by atoms with Gasteiger partial charge in [0.2, 0.25) is 0 Å². The Bertz CT molecular complexity index is 366. The second-order valence-corrected chi connectivity index (χ2v) is 5.11. The van der Waals surface area contributed by atoms with Crippen molar-refractivity contribution >= 4 is 5.69 Å². The van der Waals surface area contributed by atoms with Crippen molar-refractivity contribution in [1.82, 2.24) is 0 Å². The molecular weight excluding hydrogens is 182 g/mol. The number of hydrogen-bond donors (Lipinski definition) is 1. The number of aryl methyl sites for hydroxylation is 2. The molecule has 0 amide bonds. The zero-order valence-electron chi connectivity index (χ0n) is 9.42. The van der Waals surface area contributed by atoms with Crippen LogP contribution in [0.5, 0.6) is 0 Å². The average molecular weight is 201 g/mol. The summed E-state index contributed by atoms with van der Waals surface area (Å²) in [6.07, 6.45) is 6.74. The minimum Gasteiger partial charge on any atom is -0.382 e. The Kier molecular flexibility index (Phi) is 2.19. The van der Waals surface area contributed by atoms with Crippen molar-refractivity contribution < 1.29 is 0 Å². The van der Waals surface area contributed by atoms with E-state index >= 15 is 0 Å². The van der Waals surface area contributed by atoms with Crippen molar-refractivity contribution in [2.45, 2.75) is 45.1 Å². The minimum atomic E-state index is 0.657. The summed E-state index contributed by atoms with van der Waals surface area (Å²) in [7, 11) is 0. The Morgan fingerprint density at radius 1 is 1.20 bits per heavy atom. The van der Waals surface area contributed by atoms with E-state index in [-0.39, 0.29) is 0 Å². The van der Waals surface area contributed by atoms with Crippen LogP contribution in [0.2, 0.25) is 0 Å². The van der Waals surface area contributed by atoms with Crippen molar-refractivity contribution in [3.63, 3.8) is 0 Å². The average Bonchev–Trinajstić information content (AvgIpc) is 2.98. The second kappa shape index (κ2) is 3.55. The van der Waals surface area contributed by atoms with Gasteiger partial charge in [-0.15, -0.1) is 0 Å². The standard InChI is InChI=1S/C14H19N/c1-10(11-5-6-11)15-14-8-7-12-3-2-4-13(12)9-14/h7-11,15H,2-6H2,1H3/t10-/m1/s1. The lowest BCUT2D eigenvalue weighted by molar-refractivity contribution is 0.694. The summed E-state index contributed by atoms with van der Waals surface area (Å²) in [5, 5.41) is 3.63. The number of fused-ring (bicyclic) bond motifs is 1. The highest BCUT2D eigenvalue weighted by Gasteiger charge is 2.27. The minimum absolute atomic E-state index is 0.657. The van der Waals surface area contributed by atoms with Crippen molar-refractivity contribution in [2.24, 2.45) is 5.92 Å². The molecule has 1 atom stereocenters. The molecule has 0 unspecified atom stereocenters. The van der Waals surface area contributed by atoms with Crippen LogP contribution in [-0.4, -0.2) is 6.04 Å². The van der Waals surface area contributed by atoms with E-state index in [0.717, 1.165) is 5.92 Å². The highest BCUT2D eigenvalue weighted by atomic mass is 14.9. The quantitative estimate of drug-likeness (QED) is 0.790. The summed E-state index contributed by atoms with van der Waals surface area (Å²) in [5.41, 5.74) is 4.47. The highest BCUT2D eigenvalue weighted by Crippen LogP contribution is 2.34. The first-order valence-corrected chi connectivity index (χ1v) is 6.21. The molecule has 1 fully saturated rings. The molecule has 1 N–H and O–H groups in total. The van der Waals surface area contributed by atoms with Gasteiger partial charge < -0.3 is 5.32 Å². The number of anilines is 1. The largest absolute Gasteiger partial charge is 0.382 e. The Labute approximate surface area is 91.9 Å². The molecule has 1 saturated carbocycles. The fourth-order valence-corrected chi connectivity index (χ4v) is 2.64. The van der Waals surface area contributed by atoms with Gasteiger partial charge in [-0.25, -0.2) is 0 Å². The molecule has 0 bridgehead atoms. The van der Waals surface area contributed by atoms with Gasteiger partial charge in [0, 0.05) is 11.7 Å². The molecule has 15 heavy (non-hydrogen) atoms. The van der Waals surface area contributed by atoms with E-state index in [9.17, 15) is 0 Å². The molecule has 0 saturated heterocycles. The lowest BCUT2D eigenvalue weighted by atomic mass is 10.1. The summed E-state index contributed by atoms with van der Waals surface area (Å²) in [6.45, 7) is 2.31. The summed E-state index contributed by atoms with van der Waals surface area (Å²) >= 11 is 0. The Hall–Kier alpha value is -0.980. The van der Waals surface area contributed by atoms with Crippen LogP contribution < -0.4 is 5.32 Å². The van der Waals surface area contributed by atoms with Crippen molar-refractivity contribution in [1.29, 1.82) is 0 Å². The van der Waals surface area contributed by atoms with Gasteiger partial charge in [-0.2, -0.15) is 0 Å². The van der Waals surface area contributed by atoms with Crippen LogP contribution in [0, 0.1) is 5.92 Å². The van der Waals surface area contributed by atoms with E-state index in [1.165, 1.54) is 37.8 Å². The highest BCUT2D eigenvalue weighted by molar-refractivity contribution is 5.50. The smallest absolute Gasteiger partial charge is 0.0345 e. The summed E-state index contributed by atoms with van der Waals surface area (Å²) in [5.74, 6) is 0.929. The van der Waals surface area contributed by atoms with Crippen LogP contribution in [0.4, 0.5) is 5.69 Å². The molecule has 1 aromatic rings. The number of rotatable bonds is 3. The van der Waals surface area contributed by atoms with Gasteiger partial charge in [-0.05, 0) is 68.2 Å². The van der Waals surface area contributed by atoms with Crippen molar-refractivity contribution in [2.75, 3.05) is 5.32 Å². The van der Waals surface area contributed by atoms with Crippen LogP contribution in [0.15, 0.2) is 18.2 Å². The third kappa shape index (κ3) is 1.88. The maximum absolute atomic E-state index is 3.63. The molecule has 1 heteroatoms. The predicted octanol–water partition coefficient (Wildman–Crippen LogP) is 3.39. The lowest BCUT2D eigenvalue weighted by Gasteiger charge is -2.15. The van der Waals surface area contributed by atoms with E-state index in [4.69, 9.17) is 0 Å². The SMILES string of the molecule is C[C@@H](Nc1ccc2c(c1)CCC2)C1CC1. The maximum Gasteiger partial charge on any atom is 0.0345 e. The first-order valence-electron chi connectivity index (χ1n) is 6.21. The van der Waals surface area contributed by atoms with E-state index in [1.807, 2.05) is 0 Å². The number of hydrogen-bond acceptors (Lipinski definition) is 1. The first-order chi connectivity index (χ1) is 7.33. The van der Waals surface area contributed by atoms with Crippen LogP contribution in [0.1, 0.15) is 37.3 Å². The van der Waals surface area contributed by atoms with Crippen LogP contribution in [0.3, 0.4) is 0 Å². The van der Waals surface area contributed by atoms with Gasteiger partial charge in [-0.3, -0.25) is 0 Å². The molecule has 0 spiro atoms. The molecule has 3 rings (SSSR count). The predicted molar refractivity (Wildman–Crippen MR) is 64.3 cm³/mol. The van der Waals surface area contributed by atoms with Crippen molar-refractivity contribution in [3.8, 4) is 0 Å². The van der Waals surface area contributed by atoms with Gasteiger partial charge in [-0.1, -0.05) is 6.07 Å². The summed E-state index contributed by atoms with van der Waals surface area (Å²) < 4.78 is 0. The van der Waals surface area contributed by atoms with E-state index in [0.29, 0.717) is 6.04 Å². The number of benzene rings is 1. The Balaban J connectivity index is 1.74. The van der Waals surface area contributed by atoms with Crippen LogP contribution >= 0.6 is 0 Å². The normalized spacial score (nSPS) is 21.1. The second-order valence-electron chi connectivity index (χ2n) is 5.11. The fraction of sp³-hybridized carbons (Fsp3) is 0.571. The first kappa shape index (κ1) is 9.26. The molecule has 0 radical (unpaired) electrons. The lowest BCUT2D eigenvalue weighted by Crippen LogP contribution is -2.17. The molecule has 2 aliphatic carbocycles. The Morgan fingerprint density at radius 2 is 2.00 bits per heavy atom. The van der Waals surface area contributed by atoms with Gasteiger partial charge in [0.05, 0.1) is 0 Å². The van der Waals surface area contributed by atoms with E-state index in [2.05, 4.69) is 30.4 Å². The molecular formula is C14H19N. The van der Waals surface area contributed by atoms with Gasteiger partial charge in [0.15, 0.2) is 0 Å². The number of nitrogens with one attached hydrogen (secondary N) is 1. The van der Waals surface area contributed by atoms with Crippen LogP contribution in [0.25, 0.3) is 0 Å². The zero-order chi connectivity index (χ0) is 10.3. The Morgan fingerprint density at radius 3 is 2.80 bits per heavy atom. The monoisotopic (exact) mass is 201 g/mol. The van der Waals surface area contributed by atoms with Gasteiger partial charge in [0.25, 0.3) is 0 Å². The maximum atomic E-state index is 3.63. The van der Waals surface area contributed by atoms with Gasteiger partial charge >= 0.3 is 0 Å². The summed E-state index contributed by atoms with van der Waals surface area (Å²) in [4.78, 5) is 0. The molecule has 1 nitrogen and oxygen atoms in total. The van der Waals surface area contributed by atoms with E-state index < -0.39 is 0 Å².